The zero-order chi connectivity index (χ0) is 13.8. The Morgan fingerprint density at radius 2 is 2.05 bits per heavy atom. The third-order valence-corrected chi connectivity index (χ3v) is 3.98. The number of aryl methyl sites for hydroxylation is 2. The molecule has 4 heteroatoms. The SMILES string of the molecule is CNC(=O)c1cccnc1Sc1ccc(C)cc1C. The Hall–Kier alpha value is -1.81. The molecular formula is C15H16N2OS. The molecule has 0 radical (unpaired) electrons. The second-order valence-corrected chi connectivity index (χ2v) is 5.34. The van der Waals surface area contributed by atoms with E-state index in [1.54, 1.807) is 25.4 Å². The molecule has 0 bridgehead atoms. The van der Waals surface area contributed by atoms with Gasteiger partial charge in [0.25, 0.3) is 5.91 Å². The van der Waals surface area contributed by atoms with E-state index in [0.717, 1.165) is 9.92 Å². The molecule has 0 fully saturated rings. The Labute approximate surface area is 117 Å². The van der Waals surface area contributed by atoms with Gasteiger partial charge in [0.2, 0.25) is 0 Å². The van der Waals surface area contributed by atoms with Crippen molar-refractivity contribution in [2.75, 3.05) is 7.05 Å². The van der Waals surface area contributed by atoms with Crippen LogP contribution in [-0.2, 0) is 0 Å². The van der Waals surface area contributed by atoms with Crippen molar-refractivity contribution in [1.29, 1.82) is 0 Å². The molecule has 0 atom stereocenters. The van der Waals surface area contributed by atoms with Gasteiger partial charge < -0.3 is 5.32 Å². The molecule has 1 heterocycles. The molecule has 2 rings (SSSR count). The Kier molecular flexibility index (Phi) is 4.22. The highest BCUT2D eigenvalue weighted by Crippen LogP contribution is 2.31. The lowest BCUT2D eigenvalue weighted by atomic mass is 10.2. The number of carbonyl (C=O) groups excluding carboxylic acids is 1. The van der Waals surface area contributed by atoms with Crippen LogP contribution >= 0.6 is 11.8 Å². The lowest BCUT2D eigenvalue weighted by Gasteiger charge is -2.09. The van der Waals surface area contributed by atoms with Gasteiger partial charge in [0.05, 0.1) is 5.56 Å². The van der Waals surface area contributed by atoms with Gasteiger partial charge in [-0.2, -0.15) is 0 Å². The molecular weight excluding hydrogens is 256 g/mol. The summed E-state index contributed by atoms with van der Waals surface area (Å²) in [6, 6.07) is 9.83. The second-order valence-electron chi connectivity index (χ2n) is 4.31. The molecule has 0 saturated heterocycles. The minimum Gasteiger partial charge on any atom is -0.355 e. The van der Waals surface area contributed by atoms with Crippen molar-refractivity contribution in [2.24, 2.45) is 0 Å². The number of benzene rings is 1. The highest BCUT2D eigenvalue weighted by molar-refractivity contribution is 7.99. The third kappa shape index (κ3) is 3.15. The van der Waals surface area contributed by atoms with E-state index in [4.69, 9.17) is 0 Å². The fourth-order valence-corrected chi connectivity index (χ4v) is 2.75. The van der Waals surface area contributed by atoms with Crippen molar-refractivity contribution < 1.29 is 4.79 Å². The number of hydrogen-bond acceptors (Lipinski definition) is 3. The molecule has 0 saturated carbocycles. The van der Waals surface area contributed by atoms with E-state index in [1.807, 2.05) is 0 Å². The van der Waals surface area contributed by atoms with Crippen LogP contribution in [0.5, 0.6) is 0 Å². The highest BCUT2D eigenvalue weighted by Gasteiger charge is 2.12. The molecule has 0 aliphatic rings. The predicted molar refractivity (Wildman–Crippen MR) is 77.7 cm³/mol. The van der Waals surface area contributed by atoms with Gasteiger partial charge in [0.1, 0.15) is 5.03 Å². The Balaban J connectivity index is 2.35. The first-order chi connectivity index (χ1) is 9.11. The minimum absolute atomic E-state index is 0.111. The normalized spacial score (nSPS) is 10.3. The fourth-order valence-electron chi connectivity index (χ4n) is 1.80. The molecule has 0 unspecified atom stereocenters. The minimum atomic E-state index is -0.111. The molecule has 1 N–H and O–H groups in total. The Morgan fingerprint density at radius 3 is 2.74 bits per heavy atom. The molecule has 1 amide bonds. The number of pyridine rings is 1. The molecule has 1 aromatic heterocycles. The summed E-state index contributed by atoms with van der Waals surface area (Å²) in [5.74, 6) is -0.111. The number of nitrogens with one attached hydrogen (secondary N) is 1. The van der Waals surface area contributed by atoms with Gasteiger partial charge in [-0.3, -0.25) is 4.79 Å². The van der Waals surface area contributed by atoms with Gasteiger partial charge in [-0.05, 0) is 37.6 Å². The lowest BCUT2D eigenvalue weighted by molar-refractivity contribution is 0.0959. The van der Waals surface area contributed by atoms with Crippen LogP contribution in [-0.4, -0.2) is 17.9 Å². The summed E-state index contributed by atoms with van der Waals surface area (Å²) >= 11 is 1.52. The first-order valence-corrected chi connectivity index (χ1v) is 6.85. The molecule has 2 aromatic rings. The largest absolute Gasteiger partial charge is 0.355 e. The van der Waals surface area contributed by atoms with Crippen LogP contribution in [0.1, 0.15) is 21.5 Å². The molecule has 0 aliphatic carbocycles. The van der Waals surface area contributed by atoms with Crippen LogP contribution in [0.25, 0.3) is 0 Å². The van der Waals surface area contributed by atoms with Crippen molar-refractivity contribution in [3.05, 3.63) is 53.2 Å². The van der Waals surface area contributed by atoms with Crippen molar-refractivity contribution in [3.8, 4) is 0 Å². The predicted octanol–water partition coefficient (Wildman–Crippen LogP) is 3.21. The maximum atomic E-state index is 11.8. The van der Waals surface area contributed by atoms with E-state index in [2.05, 4.69) is 42.3 Å². The second kappa shape index (κ2) is 5.89. The van der Waals surface area contributed by atoms with E-state index < -0.39 is 0 Å². The first kappa shape index (κ1) is 13.6. The maximum Gasteiger partial charge on any atom is 0.253 e. The van der Waals surface area contributed by atoms with Gasteiger partial charge in [0.15, 0.2) is 0 Å². The molecule has 3 nitrogen and oxygen atoms in total. The van der Waals surface area contributed by atoms with Crippen molar-refractivity contribution in [1.82, 2.24) is 10.3 Å². The lowest BCUT2D eigenvalue weighted by Crippen LogP contribution is -2.18. The summed E-state index contributed by atoms with van der Waals surface area (Å²) in [5, 5.41) is 3.37. The summed E-state index contributed by atoms with van der Waals surface area (Å²) in [6.07, 6.45) is 1.71. The quantitative estimate of drug-likeness (QED) is 0.933. The standard InChI is InChI=1S/C15H16N2OS/c1-10-6-7-13(11(2)9-10)19-15-12(14(18)16-3)5-4-8-17-15/h4-9H,1-3H3,(H,16,18). The van der Waals surface area contributed by atoms with E-state index in [0.29, 0.717) is 5.56 Å². The molecule has 0 aliphatic heterocycles. The summed E-state index contributed by atoms with van der Waals surface area (Å²) in [4.78, 5) is 17.2. The van der Waals surface area contributed by atoms with E-state index in [1.165, 1.54) is 22.9 Å². The van der Waals surface area contributed by atoms with Crippen LogP contribution in [0, 0.1) is 13.8 Å². The monoisotopic (exact) mass is 272 g/mol. The van der Waals surface area contributed by atoms with Gasteiger partial charge in [-0.1, -0.05) is 29.5 Å². The number of rotatable bonds is 3. The fraction of sp³-hybridized carbons (Fsp3) is 0.200. The number of hydrogen-bond donors (Lipinski definition) is 1. The average molecular weight is 272 g/mol. The van der Waals surface area contributed by atoms with Gasteiger partial charge >= 0.3 is 0 Å². The molecule has 0 spiro atoms. The van der Waals surface area contributed by atoms with Crippen molar-refractivity contribution in [3.63, 3.8) is 0 Å². The smallest absolute Gasteiger partial charge is 0.253 e. The summed E-state index contributed by atoms with van der Waals surface area (Å²) < 4.78 is 0. The summed E-state index contributed by atoms with van der Waals surface area (Å²) in [5.41, 5.74) is 3.03. The zero-order valence-corrected chi connectivity index (χ0v) is 12.0. The molecule has 19 heavy (non-hydrogen) atoms. The maximum absolute atomic E-state index is 11.8. The van der Waals surface area contributed by atoms with E-state index in [9.17, 15) is 4.79 Å². The van der Waals surface area contributed by atoms with Gasteiger partial charge in [-0.15, -0.1) is 0 Å². The Morgan fingerprint density at radius 1 is 1.26 bits per heavy atom. The van der Waals surface area contributed by atoms with Gasteiger partial charge in [0, 0.05) is 18.1 Å². The Bertz CT molecular complexity index is 611. The number of amides is 1. The molecule has 1 aromatic carbocycles. The van der Waals surface area contributed by atoms with Crippen molar-refractivity contribution >= 4 is 17.7 Å². The highest BCUT2D eigenvalue weighted by atomic mass is 32.2. The first-order valence-electron chi connectivity index (χ1n) is 6.04. The number of carbonyl (C=O) groups is 1. The summed E-state index contributed by atoms with van der Waals surface area (Å²) in [7, 11) is 1.63. The van der Waals surface area contributed by atoms with Crippen molar-refractivity contribution in [2.45, 2.75) is 23.8 Å². The molecule has 98 valence electrons. The average Bonchev–Trinajstić information content (AvgIpc) is 2.41. The number of nitrogens with zero attached hydrogens (tertiary/aromatic N) is 1. The van der Waals surface area contributed by atoms with E-state index in [-0.39, 0.29) is 5.91 Å². The zero-order valence-electron chi connectivity index (χ0n) is 11.2. The number of aromatic nitrogens is 1. The van der Waals surface area contributed by atoms with Crippen LogP contribution in [0.2, 0.25) is 0 Å². The van der Waals surface area contributed by atoms with Crippen LogP contribution in [0.15, 0.2) is 46.5 Å². The topological polar surface area (TPSA) is 42.0 Å². The van der Waals surface area contributed by atoms with Crippen LogP contribution < -0.4 is 5.32 Å². The van der Waals surface area contributed by atoms with Crippen LogP contribution in [0.4, 0.5) is 0 Å². The van der Waals surface area contributed by atoms with Gasteiger partial charge in [-0.25, -0.2) is 4.98 Å². The third-order valence-electron chi connectivity index (χ3n) is 2.78. The van der Waals surface area contributed by atoms with Crippen LogP contribution in [0.3, 0.4) is 0 Å². The van der Waals surface area contributed by atoms with E-state index >= 15 is 0 Å². The summed E-state index contributed by atoms with van der Waals surface area (Å²) in [6.45, 7) is 4.13.